The number of aliphatic hydroxyl groups excluding tert-OH is 1. The molecule has 0 saturated carbocycles. The van der Waals surface area contributed by atoms with Gasteiger partial charge in [-0.1, -0.05) is 19.4 Å². The van der Waals surface area contributed by atoms with Gasteiger partial charge < -0.3 is 20.3 Å². The molecule has 0 spiro atoms. The first kappa shape index (κ1) is 14.8. The summed E-state index contributed by atoms with van der Waals surface area (Å²) in [7, 11) is 0. The average Bonchev–Trinajstić information content (AvgIpc) is 2.34. The maximum absolute atomic E-state index is 9.58. The van der Waals surface area contributed by atoms with E-state index in [2.05, 4.69) is 12.2 Å². The van der Waals surface area contributed by atoms with Crippen molar-refractivity contribution in [2.75, 3.05) is 13.2 Å². The summed E-state index contributed by atoms with van der Waals surface area (Å²) in [5.41, 5.74) is 1.03. The van der Waals surface area contributed by atoms with Crippen molar-refractivity contribution in [3.63, 3.8) is 0 Å². The van der Waals surface area contributed by atoms with Gasteiger partial charge in [-0.25, -0.2) is 0 Å². The number of benzene rings is 1. The fraction of sp³-hybridized carbons (Fsp3) is 0.571. The third kappa shape index (κ3) is 4.94. The number of phenols is 1. The van der Waals surface area contributed by atoms with Crippen molar-refractivity contribution in [1.82, 2.24) is 5.32 Å². The molecule has 0 aliphatic heterocycles. The summed E-state index contributed by atoms with van der Waals surface area (Å²) >= 11 is 0. The molecule has 1 aromatic rings. The van der Waals surface area contributed by atoms with Crippen molar-refractivity contribution >= 4 is 0 Å². The van der Waals surface area contributed by atoms with E-state index in [0.29, 0.717) is 25.4 Å². The van der Waals surface area contributed by atoms with Crippen LogP contribution in [0.15, 0.2) is 18.2 Å². The lowest BCUT2D eigenvalue weighted by Gasteiger charge is -2.12. The van der Waals surface area contributed by atoms with Crippen molar-refractivity contribution in [3.8, 4) is 11.5 Å². The Kier molecular flexibility index (Phi) is 6.54. The van der Waals surface area contributed by atoms with Crippen LogP contribution in [0, 0.1) is 0 Å². The molecule has 1 atom stereocenters. The fourth-order valence-corrected chi connectivity index (χ4v) is 1.76. The largest absolute Gasteiger partial charge is 0.504 e. The molecule has 1 unspecified atom stereocenters. The van der Waals surface area contributed by atoms with E-state index < -0.39 is 0 Å². The number of aromatic hydroxyl groups is 1. The predicted octanol–water partition coefficient (Wildman–Crippen LogP) is 2.04. The zero-order valence-electron chi connectivity index (χ0n) is 11.1. The number of hydrogen-bond acceptors (Lipinski definition) is 4. The first-order valence-corrected chi connectivity index (χ1v) is 6.50. The highest BCUT2D eigenvalue weighted by Crippen LogP contribution is 2.26. The smallest absolute Gasteiger partial charge is 0.161 e. The van der Waals surface area contributed by atoms with E-state index in [1.165, 1.54) is 0 Å². The summed E-state index contributed by atoms with van der Waals surface area (Å²) in [4.78, 5) is 0. The molecule has 0 heterocycles. The highest BCUT2D eigenvalue weighted by Gasteiger charge is 2.05. The Balaban J connectivity index is 2.44. The van der Waals surface area contributed by atoms with E-state index in [0.717, 1.165) is 18.4 Å². The number of phenolic OH excluding ortho intramolecular Hbond substituents is 1. The molecular formula is C14H23NO3. The molecule has 0 aromatic heterocycles. The SMILES string of the molecule is CCCC(O)CNCc1ccc(O)c(OCC)c1. The highest BCUT2D eigenvalue weighted by atomic mass is 16.5. The number of rotatable bonds is 8. The lowest BCUT2D eigenvalue weighted by Crippen LogP contribution is -2.26. The minimum atomic E-state index is -0.293. The van der Waals surface area contributed by atoms with Gasteiger partial charge in [-0.3, -0.25) is 0 Å². The third-order valence-corrected chi connectivity index (χ3v) is 2.66. The standard InChI is InChI=1S/C14H23NO3/c1-3-5-12(16)10-15-9-11-6-7-13(17)14(8-11)18-4-2/h6-8,12,15-17H,3-5,9-10H2,1-2H3. The van der Waals surface area contributed by atoms with Gasteiger partial charge in [0.2, 0.25) is 0 Å². The lowest BCUT2D eigenvalue weighted by atomic mass is 10.2. The van der Waals surface area contributed by atoms with Crippen LogP contribution in [0.3, 0.4) is 0 Å². The Morgan fingerprint density at radius 2 is 2.11 bits per heavy atom. The van der Waals surface area contributed by atoms with Crippen LogP contribution >= 0.6 is 0 Å². The van der Waals surface area contributed by atoms with Crippen molar-refractivity contribution in [2.45, 2.75) is 39.3 Å². The van der Waals surface area contributed by atoms with Gasteiger partial charge in [0.05, 0.1) is 12.7 Å². The summed E-state index contributed by atoms with van der Waals surface area (Å²) in [6, 6.07) is 5.29. The van der Waals surface area contributed by atoms with E-state index in [1.807, 2.05) is 19.1 Å². The maximum Gasteiger partial charge on any atom is 0.161 e. The first-order chi connectivity index (χ1) is 8.67. The van der Waals surface area contributed by atoms with Gasteiger partial charge in [0.25, 0.3) is 0 Å². The van der Waals surface area contributed by atoms with E-state index in [1.54, 1.807) is 6.07 Å². The van der Waals surface area contributed by atoms with Crippen LogP contribution in [0.5, 0.6) is 11.5 Å². The molecule has 0 saturated heterocycles. The van der Waals surface area contributed by atoms with Gasteiger partial charge in [0.15, 0.2) is 11.5 Å². The van der Waals surface area contributed by atoms with Crippen LogP contribution in [-0.4, -0.2) is 29.5 Å². The quantitative estimate of drug-likeness (QED) is 0.663. The van der Waals surface area contributed by atoms with Crippen molar-refractivity contribution < 1.29 is 14.9 Å². The monoisotopic (exact) mass is 253 g/mol. The van der Waals surface area contributed by atoms with Gasteiger partial charge in [0, 0.05) is 13.1 Å². The van der Waals surface area contributed by atoms with E-state index in [9.17, 15) is 10.2 Å². The summed E-state index contributed by atoms with van der Waals surface area (Å²) in [5, 5.41) is 22.3. The van der Waals surface area contributed by atoms with Crippen LogP contribution in [0.2, 0.25) is 0 Å². The summed E-state index contributed by atoms with van der Waals surface area (Å²) < 4.78 is 5.32. The molecule has 0 radical (unpaired) electrons. The predicted molar refractivity (Wildman–Crippen MR) is 71.9 cm³/mol. The number of ether oxygens (including phenoxy) is 1. The second-order valence-electron chi connectivity index (χ2n) is 4.31. The minimum absolute atomic E-state index is 0.159. The molecule has 0 aliphatic rings. The number of aliphatic hydroxyl groups is 1. The van der Waals surface area contributed by atoms with Crippen LogP contribution in [-0.2, 0) is 6.54 Å². The molecule has 18 heavy (non-hydrogen) atoms. The van der Waals surface area contributed by atoms with E-state index >= 15 is 0 Å². The van der Waals surface area contributed by atoms with Gasteiger partial charge in [-0.15, -0.1) is 0 Å². The molecule has 0 fully saturated rings. The van der Waals surface area contributed by atoms with Crippen LogP contribution in [0.25, 0.3) is 0 Å². The zero-order chi connectivity index (χ0) is 13.4. The third-order valence-electron chi connectivity index (χ3n) is 2.66. The Labute approximate surface area is 109 Å². The molecule has 102 valence electrons. The molecule has 1 aromatic carbocycles. The summed E-state index contributed by atoms with van der Waals surface area (Å²) in [5.74, 6) is 0.664. The van der Waals surface area contributed by atoms with Crippen LogP contribution in [0.1, 0.15) is 32.3 Å². The van der Waals surface area contributed by atoms with Crippen molar-refractivity contribution in [3.05, 3.63) is 23.8 Å². The first-order valence-electron chi connectivity index (χ1n) is 6.50. The topological polar surface area (TPSA) is 61.7 Å². The Morgan fingerprint density at radius 1 is 1.33 bits per heavy atom. The van der Waals surface area contributed by atoms with Crippen molar-refractivity contribution in [2.24, 2.45) is 0 Å². The van der Waals surface area contributed by atoms with E-state index in [4.69, 9.17) is 4.74 Å². The molecule has 0 aliphatic carbocycles. The van der Waals surface area contributed by atoms with E-state index in [-0.39, 0.29) is 11.9 Å². The fourth-order valence-electron chi connectivity index (χ4n) is 1.76. The molecule has 1 rings (SSSR count). The second kappa shape index (κ2) is 7.95. The van der Waals surface area contributed by atoms with Crippen molar-refractivity contribution in [1.29, 1.82) is 0 Å². The molecular weight excluding hydrogens is 230 g/mol. The minimum Gasteiger partial charge on any atom is -0.504 e. The van der Waals surface area contributed by atoms with Gasteiger partial charge in [0.1, 0.15) is 0 Å². The maximum atomic E-state index is 9.58. The van der Waals surface area contributed by atoms with Crippen LogP contribution < -0.4 is 10.1 Å². The average molecular weight is 253 g/mol. The number of nitrogens with one attached hydrogen (secondary N) is 1. The summed E-state index contributed by atoms with van der Waals surface area (Å²) in [6.07, 6.45) is 1.50. The van der Waals surface area contributed by atoms with Gasteiger partial charge >= 0.3 is 0 Å². The molecule has 0 amide bonds. The summed E-state index contributed by atoms with van der Waals surface area (Å²) in [6.45, 7) is 5.70. The lowest BCUT2D eigenvalue weighted by molar-refractivity contribution is 0.160. The Bertz CT molecular complexity index is 355. The van der Waals surface area contributed by atoms with Gasteiger partial charge in [-0.05, 0) is 31.0 Å². The number of hydrogen-bond donors (Lipinski definition) is 3. The second-order valence-corrected chi connectivity index (χ2v) is 4.31. The van der Waals surface area contributed by atoms with Gasteiger partial charge in [-0.2, -0.15) is 0 Å². The Hall–Kier alpha value is -1.26. The van der Waals surface area contributed by atoms with Crippen LogP contribution in [0.4, 0.5) is 0 Å². The molecule has 3 N–H and O–H groups in total. The highest BCUT2D eigenvalue weighted by molar-refractivity contribution is 5.41. The Morgan fingerprint density at radius 3 is 2.78 bits per heavy atom. The molecule has 0 bridgehead atoms. The molecule has 4 heteroatoms. The normalized spacial score (nSPS) is 12.4. The zero-order valence-corrected chi connectivity index (χ0v) is 11.1. The molecule has 4 nitrogen and oxygen atoms in total.